The smallest absolute Gasteiger partial charge is 0.213 e. The summed E-state index contributed by atoms with van der Waals surface area (Å²) in [4.78, 5) is 0. The van der Waals surface area contributed by atoms with Crippen LogP contribution in [0.15, 0.2) is 0 Å². The molecule has 0 aromatic rings. The summed E-state index contributed by atoms with van der Waals surface area (Å²) in [6, 6.07) is 0. The van der Waals surface area contributed by atoms with Gasteiger partial charge < -0.3 is 0 Å². The third-order valence-electron chi connectivity index (χ3n) is 4.24. The van der Waals surface area contributed by atoms with Crippen molar-refractivity contribution in [1.29, 1.82) is 0 Å². The standard InChI is InChI=1S/C13H25F3O3S2/c1-9(2)11-7-6-10(3)8-12(11)20(4,5)19-21(17,18)13(14,15)16/h9-12H,6-8H2,1-5H3. The number of halogens is 3. The molecule has 1 aliphatic rings. The Hall–Kier alpha value is 0.0500. The molecule has 3 atom stereocenters. The topological polar surface area (TPSA) is 43.4 Å². The van der Waals surface area contributed by atoms with E-state index in [-0.39, 0.29) is 11.2 Å². The van der Waals surface area contributed by atoms with E-state index in [2.05, 4.69) is 10.6 Å². The van der Waals surface area contributed by atoms with Crippen LogP contribution in [-0.4, -0.2) is 31.7 Å². The maximum absolute atomic E-state index is 12.6. The monoisotopic (exact) mass is 350 g/mol. The van der Waals surface area contributed by atoms with E-state index in [1.54, 1.807) is 0 Å². The zero-order chi connectivity index (χ0) is 16.6. The van der Waals surface area contributed by atoms with Crippen LogP contribution in [0, 0.1) is 17.8 Å². The molecule has 1 rings (SSSR count). The molecule has 0 aromatic carbocycles. The highest BCUT2D eigenvalue weighted by molar-refractivity contribution is 8.32. The second kappa shape index (κ2) is 6.28. The second-order valence-electron chi connectivity index (χ2n) is 6.64. The first-order valence-corrected chi connectivity index (χ1v) is 10.9. The Morgan fingerprint density at radius 3 is 2.10 bits per heavy atom. The molecule has 1 aliphatic carbocycles. The zero-order valence-corrected chi connectivity index (χ0v) is 14.7. The third-order valence-corrected chi connectivity index (χ3v) is 8.93. The Balaban J connectivity index is 3.03. The molecule has 0 aliphatic heterocycles. The van der Waals surface area contributed by atoms with Crippen LogP contribution in [0.5, 0.6) is 0 Å². The molecule has 3 unspecified atom stereocenters. The summed E-state index contributed by atoms with van der Waals surface area (Å²) in [5.41, 5.74) is -5.36. The minimum Gasteiger partial charge on any atom is -0.213 e. The van der Waals surface area contributed by atoms with Gasteiger partial charge in [-0.25, -0.2) is 3.63 Å². The van der Waals surface area contributed by atoms with Crippen molar-refractivity contribution in [3.8, 4) is 0 Å². The van der Waals surface area contributed by atoms with Gasteiger partial charge in [-0.3, -0.25) is 0 Å². The average Bonchev–Trinajstić information content (AvgIpc) is 2.25. The van der Waals surface area contributed by atoms with Crippen molar-refractivity contribution in [2.75, 3.05) is 12.5 Å². The summed E-state index contributed by atoms with van der Waals surface area (Å²) < 4.78 is 65.1. The van der Waals surface area contributed by atoms with Crippen LogP contribution in [0.25, 0.3) is 0 Å². The van der Waals surface area contributed by atoms with E-state index in [1.807, 2.05) is 13.8 Å². The summed E-state index contributed by atoms with van der Waals surface area (Å²) in [5, 5.41) is -0.127. The maximum Gasteiger partial charge on any atom is 0.523 e. The fourth-order valence-corrected chi connectivity index (χ4v) is 7.73. The van der Waals surface area contributed by atoms with Gasteiger partial charge in [0.05, 0.1) is 0 Å². The Morgan fingerprint density at radius 2 is 1.67 bits per heavy atom. The maximum atomic E-state index is 12.6. The lowest BCUT2D eigenvalue weighted by atomic mass is 9.77. The van der Waals surface area contributed by atoms with Gasteiger partial charge in [-0.1, -0.05) is 27.2 Å². The molecule has 0 spiro atoms. The van der Waals surface area contributed by atoms with Crippen molar-refractivity contribution in [3.05, 3.63) is 0 Å². The number of hydrogen-bond donors (Lipinski definition) is 0. The highest BCUT2D eigenvalue weighted by Gasteiger charge is 2.51. The summed E-state index contributed by atoms with van der Waals surface area (Å²) >= 11 is 0. The van der Waals surface area contributed by atoms with Crippen LogP contribution in [-0.2, 0) is 13.7 Å². The van der Waals surface area contributed by atoms with E-state index in [0.717, 1.165) is 19.3 Å². The molecule has 0 amide bonds. The minimum absolute atomic E-state index is 0.127. The van der Waals surface area contributed by atoms with Crippen LogP contribution in [0.1, 0.15) is 40.0 Å². The number of alkyl halides is 3. The first kappa shape index (κ1) is 19.1. The van der Waals surface area contributed by atoms with Crippen molar-refractivity contribution in [1.82, 2.24) is 0 Å². The number of hydrogen-bond acceptors (Lipinski definition) is 3. The molecule has 1 saturated carbocycles. The predicted octanol–water partition coefficient (Wildman–Crippen LogP) is 4.29. The Morgan fingerprint density at radius 1 is 1.14 bits per heavy atom. The summed E-state index contributed by atoms with van der Waals surface area (Å²) in [6.07, 6.45) is 5.73. The fourth-order valence-electron chi connectivity index (χ4n) is 3.09. The normalized spacial score (nSPS) is 29.7. The molecule has 3 nitrogen and oxygen atoms in total. The van der Waals surface area contributed by atoms with Gasteiger partial charge in [-0.15, -0.1) is 10.3 Å². The molecule has 0 N–H and O–H groups in total. The van der Waals surface area contributed by atoms with E-state index in [0.29, 0.717) is 11.8 Å². The zero-order valence-electron chi connectivity index (χ0n) is 13.1. The first-order valence-electron chi connectivity index (χ1n) is 7.02. The van der Waals surface area contributed by atoms with Crippen LogP contribution < -0.4 is 0 Å². The van der Waals surface area contributed by atoms with E-state index >= 15 is 0 Å². The number of rotatable bonds is 4. The highest BCUT2D eigenvalue weighted by Crippen LogP contribution is 2.58. The van der Waals surface area contributed by atoms with Gasteiger partial charge in [0.25, 0.3) is 0 Å². The molecule has 128 valence electrons. The van der Waals surface area contributed by atoms with Crippen LogP contribution in [0.3, 0.4) is 0 Å². The van der Waals surface area contributed by atoms with Gasteiger partial charge in [0, 0.05) is 5.25 Å². The second-order valence-corrected chi connectivity index (χ2v) is 11.8. The van der Waals surface area contributed by atoms with Crippen molar-refractivity contribution in [2.45, 2.75) is 50.8 Å². The molecule has 0 aromatic heterocycles. The van der Waals surface area contributed by atoms with Gasteiger partial charge in [0.1, 0.15) is 0 Å². The molecule has 8 heteroatoms. The van der Waals surface area contributed by atoms with Gasteiger partial charge in [-0.05, 0) is 43.1 Å². The van der Waals surface area contributed by atoms with Crippen molar-refractivity contribution >= 4 is 20.4 Å². The lowest BCUT2D eigenvalue weighted by Crippen LogP contribution is -2.38. The van der Waals surface area contributed by atoms with Gasteiger partial charge in [0.15, 0.2) is 0 Å². The lowest BCUT2D eigenvalue weighted by molar-refractivity contribution is -0.0496. The summed E-state index contributed by atoms with van der Waals surface area (Å²) in [6.45, 7) is 6.11. The van der Waals surface area contributed by atoms with Crippen molar-refractivity contribution < 1.29 is 25.2 Å². The van der Waals surface area contributed by atoms with E-state index in [9.17, 15) is 21.6 Å². The SMILES string of the molecule is CC1CCC(C(C)C)C(S(C)(C)OS(=O)(=O)C(F)(F)F)C1. The summed E-state index contributed by atoms with van der Waals surface area (Å²) in [5.74, 6) is 0.884. The van der Waals surface area contributed by atoms with E-state index in [4.69, 9.17) is 0 Å². The van der Waals surface area contributed by atoms with Crippen LogP contribution in [0.2, 0.25) is 0 Å². The Bertz CT molecular complexity index is 458. The van der Waals surface area contributed by atoms with Crippen molar-refractivity contribution in [3.63, 3.8) is 0 Å². The molecule has 0 bridgehead atoms. The fraction of sp³-hybridized carbons (Fsp3) is 1.00. The Labute approximate surface area is 127 Å². The first-order chi connectivity index (χ1) is 9.28. The van der Waals surface area contributed by atoms with Gasteiger partial charge >= 0.3 is 15.6 Å². The molecule has 1 fully saturated rings. The molecule has 0 saturated heterocycles. The van der Waals surface area contributed by atoms with Gasteiger partial charge in [-0.2, -0.15) is 21.6 Å². The van der Waals surface area contributed by atoms with Crippen LogP contribution in [0.4, 0.5) is 13.2 Å². The Kier molecular flexibility index (Phi) is 5.71. The third kappa shape index (κ3) is 4.51. The average molecular weight is 350 g/mol. The van der Waals surface area contributed by atoms with E-state index < -0.39 is 25.9 Å². The quantitative estimate of drug-likeness (QED) is 0.710. The van der Waals surface area contributed by atoms with Crippen LogP contribution >= 0.6 is 10.3 Å². The van der Waals surface area contributed by atoms with Gasteiger partial charge in [0.2, 0.25) is 0 Å². The largest absolute Gasteiger partial charge is 0.523 e. The minimum atomic E-state index is -5.53. The molecule has 0 heterocycles. The summed E-state index contributed by atoms with van der Waals surface area (Å²) in [7, 11) is -7.89. The van der Waals surface area contributed by atoms with E-state index in [1.165, 1.54) is 12.5 Å². The lowest BCUT2D eigenvalue weighted by Gasteiger charge is -2.48. The molecular weight excluding hydrogens is 325 g/mol. The highest BCUT2D eigenvalue weighted by atomic mass is 32.3. The predicted molar refractivity (Wildman–Crippen MR) is 80.6 cm³/mol. The van der Waals surface area contributed by atoms with Crippen molar-refractivity contribution in [2.24, 2.45) is 17.8 Å². The molecule has 21 heavy (non-hydrogen) atoms. The molecule has 0 radical (unpaired) electrons. The molecular formula is C13H25F3O3S2.